The predicted molar refractivity (Wildman–Crippen MR) is 89.2 cm³/mol. The number of likely N-dealkylation sites (N-methyl/N-ethyl adjacent to an activating group) is 1. The van der Waals surface area contributed by atoms with Crippen LogP contribution in [0, 0.1) is 5.92 Å². The molecule has 0 heterocycles. The molecule has 0 aliphatic carbocycles. The van der Waals surface area contributed by atoms with E-state index in [2.05, 4.69) is 60.6 Å². The van der Waals surface area contributed by atoms with Crippen LogP contribution >= 0.6 is 15.9 Å². The number of hydrogen-bond acceptors (Lipinski definition) is 3. The minimum absolute atomic E-state index is 0.204. The molecule has 0 fully saturated rings. The van der Waals surface area contributed by atoms with Gasteiger partial charge in [-0.3, -0.25) is 4.90 Å². The lowest BCUT2D eigenvalue weighted by molar-refractivity contribution is 0.168. The van der Waals surface area contributed by atoms with Crippen LogP contribution in [0.25, 0.3) is 0 Å². The molecule has 3 nitrogen and oxygen atoms in total. The number of hydrogen-bond donors (Lipinski definition) is 1. The maximum absolute atomic E-state index is 10.1. The molecule has 4 heteroatoms. The van der Waals surface area contributed by atoms with E-state index in [1.807, 2.05) is 12.1 Å². The summed E-state index contributed by atoms with van der Waals surface area (Å²) in [5, 5.41) is 10.1. The second-order valence-electron chi connectivity index (χ2n) is 6.07. The zero-order valence-corrected chi connectivity index (χ0v) is 14.8. The van der Waals surface area contributed by atoms with Gasteiger partial charge in [-0.2, -0.15) is 0 Å². The van der Waals surface area contributed by atoms with Gasteiger partial charge in [-0.25, -0.2) is 0 Å². The summed E-state index contributed by atoms with van der Waals surface area (Å²) in [6.07, 6.45) is 0. The fourth-order valence-electron chi connectivity index (χ4n) is 2.30. The van der Waals surface area contributed by atoms with Gasteiger partial charge in [0, 0.05) is 35.7 Å². The number of nitrogens with zero attached hydrogens (tertiary/aromatic N) is 2. The maximum atomic E-state index is 10.1. The third-order valence-corrected chi connectivity index (χ3v) is 3.91. The molecule has 0 bridgehead atoms. The van der Waals surface area contributed by atoms with Crippen molar-refractivity contribution in [2.75, 3.05) is 33.7 Å². The summed E-state index contributed by atoms with van der Waals surface area (Å²) in [6, 6.07) is 5.85. The van der Waals surface area contributed by atoms with Crippen molar-refractivity contribution in [1.29, 1.82) is 0 Å². The second kappa shape index (κ2) is 8.01. The second-order valence-corrected chi connectivity index (χ2v) is 6.99. The van der Waals surface area contributed by atoms with Crippen LogP contribution in [0.2, 0.25) is 0 Å². The van der Waals surface area contributed by atoms with Gasteiger partial charge in [-0.1, -0.05) is 29.8 Å². The Bertz CT molecular complexity index is 421. The van der Waals surface area contributed by atoms with Crippen LogP contribution < -0.4 is 0 Å². The molecule has 1 unspecified atom stereocenters. The molecule has 1 N–H and O–H groups in total. The van der Waals surface area contributed by atoms with Crippen molar-refractivity contribution in [3.05, 3.63) is 28.2 Å². The predicted octanol–water partition coefficient (Wildman–Crippen LogP) is 3.74. The Morgan fingerprint density at radius 3 is 2.35 bits per heavy atom. The highest BCUT2D eigenvalue weighted by atomic mass is 79.9. The summed E-state index contributed by atoms with van der Waals surface area (Å²) in [6.45, 7) is 9.68. The van der Waals surface area contributed by atoms with Crippen molar-refractivity contribution in [2.24, 2.45) is 5.92 Å². The van der Waals surface area contributed by atoms with Crippen molar-refractivity contribution in [2.45, 2.75) is 26.8 Å². The van der Waals surface area contributed by atoms with Crippen molar-refractivity contribution in [3.63, 3.8) is 0 Å². The molecule has 1 aromatic rings. The van der Waals surface area contributed by atoms with E-state index in [0.717, 1.165) is 29.7 Å². The van der Waals surface area contributed by atoms with Gasteiger partial charge < -0.3 is 10.0 Å². The first kappa shape index (κ1) is 17.5. The Balaban J connectivity index is 2.90. The minimum atomic E-state index is 0.204. The SMILES string of the molecule is CC(C)CN(CCN(C)C)C(C)c1cc(Br)ccc1O. The van der Waals surface area contributed by atoms with E-state index in [1.165, 1.54) is 0 Å². The molecule has 0 saturated heterocycles. The molecule has 1 aromatic carbocycles. The summed E-state index contributed by atoms with van der Waals surface area (Å²) in [4.78, 5) is 4.63. The molecule has 0 saturated carbocycles. The molecule has 1 atom stereocenters. The first-order valence-corrected chi connectivity index (χ1v) is 7.97. The van der Waals surface area contributed by atoms with Crippen LogP contribution in [0.1, 0.15) is 32.4 Å². The molecule has 0 radical (unpaired) electrons. The number of phenolic OH excluding ortho intramolecular Hbond substituents is 1. The van der Waals surface area contributed by atoms with Crippen molar-refractivity contribution < 1.29 is 5.11 Å². The number of benzene rings is 1. The van der Waals surface area contributed by atoms with Crippen LogP contribution in [0.5, 0.6) is 5.75 Å². The monoisotopic (exact) mass is 342 g/mol. The topological polar surface area (TPSA) is 26.7 Å². The number of aromatic hydroxyl groups is 1. The van der Waals surface area contributed by atoms with Gasteiger partial charge in [-0.05, 0) is 45.1 Å². The summed E-state index contributed by atoms with van der Waals surface area (Å²) in [5.41, 5.74) is 0.985. The molecule has 1 rings (SSSR count). The van der Waals surface area contributed by atoms with Gasteiger partial charge in [0.15, 0.2) is 0 Å². The Morgan fingerprint density at radius 1 is 1.15 bits per heavy atom. The van der Waals surface area contributed by atoms with Crippen LogP contribution in [0.15, 0.2) is 22.7 Å². The van der Waals surface area contributed by atoms with Gasteiger partial charge in [-0.15, -0.1) is 0 Å². The highest BCUT2D eigenvalue weighted by molar-refractivity contribution is 9.10. The Hall–Kier alpha value is -0.580. The molecule has 0 amide bonds. The highest BCUT2D eigenvalue weighted by Gasteiger charge is 2.19. The van der Waals surface area contributed by atoms with Crippen LogP contribution in [-0.4, -0.2) is 48.6 Å². The van der Waals surface area contributed by atoms with Crippen molar-refractivity contribution >= 4 is 15.9 Å². The largest absolute Gasteiger partial charge is 0.508 e. The van der Waals surface area contributed by atoms with Gasteiger partial charge in [0.05, 0.1) is 0 Å². The van der Waals surface area contributed by atoms with E-state index in [4.69, 9.17) is 0 Å². The minimum Gasteiger partial charge on any atom is -0.508 e. The number of halogens is 1. The quantitative estimate of drug-likeness (QED) is 0.817. The van der Waals surface area contributed by atoms with E-state index >= 15 is 0 Å². The molecule has 20 heavy (non-hydrogen) atoms. The molecular formula is C16H27BrN2O. The summed E-state index contributed by atoms with van der Waals surface area (Å²) in [7, 11) is 4.18. The van der Waals surface area contributed by atoms with Crippen LogP contribution in [0.4, 0.5) is 0 Å². The lowest BCUT2D eigenvalue weighted by atomic mass is 10.0. The average Bonchev–Trinajstić information content (AvgIpc) is 2.36. The van der Waals surface area contributed by atoms with Gasteiger partial charge in [0.1, 0.15) is 5.75 Å². The summed E-state index contributed by atoms with van der Waals surface area (Å²) >= 11 is 3.49. The van der Waals surface area contributed by atoms with Crippen molar-refractivity contribution in [3.8, 4) is 5.75 Å². The van der Waals surface area contributed by atoms with Gasteiger partial charge in [0.25, 0.3) is 0 Å². The fourth-order valence-corrected chi connectivity index (χ4v) is 2.68. The number of rotatable bonds is 7. The molecular weight excluding hydrogens is 316 g/mol. The normalized spacial score (nSPS) is 13.4. The van der Waals surface area contributed by atoms with E-state index in [9.17, 15) is 5.11 Å². The smallest absolute Gasteiger partial charge is 0.120 e. The lowest BCUT2D eigenvalue weighted by Gasteiger charge is -2.32. The van der Waals surface area contributed by atoms with E-state index in [0.29, 0.717) is 11.7 Å². The third kappa shape index (κ3) is 5.43. The average molecular weight is 343 g/mol. The molecule has 114 valence electrons. The number of phenols is 1. The van der Waals surface area contributed by atoms with Crippen LogP contribution in [-0.2, 0) is 0 Å². The molecule has 0 aliphatic heterocycles. The lowest BCUT2D eigenvalue weighted by Crippen LogP contribution is -2.36. The summed E-state index contributed by atoms with van der Waals surface area (Å²) in [5.74, 6) is 0.980. The van der Waals surface area contributed by atoms with E-state index < -0.39 is 0 Å². The molecule has 0 aromatic heterocycles. The third-order valence-electron chi connectivity index (χ3n) is 3.42. The Morgan fingerprint density at radius 2 is 1.80 bits per heavy atom. The standard InChI is InChI=1S/C16H27BrN2O/c1-12(2)11-19(9-8-18(4)5)13(3)15-10-14(17)6-7-16(15)20/h6-7,10,12-13,20H,8-9,11H2,1-5H3. The first-order valence-electron chi connectivity index (χ1n) is 7.18. The van der Waals surface area contributed by atoms with Gasteiger partial charge >= 0.3 is 0 Å². The Labute approximate surface area is 131 Å². The first-order chi connectivity index (χ1) is 9.31. The zero-order valence-electron chi connectivity index (χ0n) is 13.2. The van der Waals surface area contributed by atoms with Crippen molar-refractivity contribution in [1.82, 2.24) is 9.80 Å². The Kier molecular flexibility index (Phi) is 7.00. The highest BCUT2D eigenvalue weighted by Crippen LogP contribution is 2.31. The molecule has 0 aliphatic rings. The molecule has 0 spiro atoms. The van der Waals surface area contributed by atoms with E-state index in [1.54, 1.807) is 6.07 Å². The van der Waals surface area contributed by atoms with Crippen LogP contribution in [0.3, 0.4) is 0 Å². The maximum Gasteiger partial charge on any atom is 0.120 e. The fraction of sp³-hybridized carbons (Fsp3) is 0.625. The van der Waals surface area contributed by atoms with Gasteiger partial charge in [0.2, 0.25) is 0 Å². The zero-order chi connectivity index (χ0) is 15.3. The summed E-state index contributed by atoms with van der Waals surface area (Å²) < 4.78 is 1.01. The van der Waals surface area contributed by atoms with E-state index in [-0.39, 0.29) is 6.04 Å².